The molecule has 1 aliphatic heterocycles. The molecule has 1 saturated heterocycles. The van der Waals surface area contributed by atoms with Crippen LogP contribution in [0.4, 0.5) is 0 Å². The predicted molar refractivity (Wildman–Crippen MR) is 90.2 cm³/mol. The Balaban J connectivity index is 1.60. The molecule has 2 aromatic carbocycles. The van der Waals surface area contributed by atoms with Crippen LogP contribution in [0.25, 0.3) is 0 Å². The topological polar surface area (TPSA) is 40.5 Å². The smallest absolute Gasteiger partial charge is 0.246 e. The zero-order valence-corrected chi connectivity index (χ0v) is 13.3. The summed E-state index contributed by atoms with van der Waals surface area (Å²) in [5.41, 5.74) is 2.50. The van der Waals surface area contributed by atoms with Crippen molar-refractivity contribution in [1.29, 1.82) is 0 Å². The van der Waals surface area contributed by atoms with E-state index >= 15 is 0 Å². The van der Waals surface area contributed by atoms with E-state index in [-0.39, 0.29) is 17.9 Å². The van der Waals surface area contributed by atoms with E-state index in [0.29, 0.717) is 6.42 Å². The standard InChI is InChI=1S/C20H23NO2/c22-20-15-18(17-11-5-2-6-12-17)14-19(21(20)23)13-7-10-16-8-3-1-4-9-16/h1-6,8-9,11-12,18-19,23H,7,10,13-15H2. The van der Waals surface area contributed by atoms with E-state index in [4.69, 9.17) is 0 Å². The molecule has 0 aliphatic carbocycles. The number of aryl methyl sites for hydroxylation is 1. The SMILES string of the molecule is O=C1CC(c2ccccc2)CC(CCCc2ccccc2)N1O. The third-order valence-electron chi connectivity index (χ3n) is 4.70. The highest BCUT2D eigenvalue weighted by molar-refractivity contribution is 5.77. The minimum absolute atomic E-state index is 0.0785. The van der Waals surface area contributed by atoms with Crippen LogP contribution in [0.3, 0.4) is 0 Å². The number of hydrogen-bond donors (Lipinski definition) is 1. The summed E-state index contributed by atoms with van der Waals surface area (Å²) in [5, 5.41) is 11.1. The fraction of sp³-hybridized carbons (Fsp3) is 0.350. The van der Waals surface area contributed by atoms with Gasteiger partial charge in [0.15, 0.2) is 0 Å². The quantitative estimate of drug-likeness (QED) is 0.842. The highest BCUT2D eigenvalue weighted by Gasteiger charge is 2.33. The predicted octanol–water partition coefficient (Wildman–Crippen LogP) is 4.17. The molecular formula is C20H23NO2. The average molecular weight is 309 g/mol. The van der Waals surface area contributed by atoms with Crippen LogP contribution in [0.2, 0.25) is 0 Å². The van der Waals surface area contributed by atoms with Gasteiger partial charge in [-0.15, -0.1) is 0 Å². The lowest BCUT2D eigenvalue weighted by molar-refractivity contribution is -0.184. The summed E-state index contributed by atoms with van der Waals surface area (Å²) in [5.74, 6) is 0.0589. The molecule has 23 heavy (non-hydrogen) atoms. The first-order valence-electron chi connectivity index (χ1n) is 8.34. The molecule has 3 nitrogen and oxygen atoms in total. The first-order valence-corrected chi connectivity index (χ1v) is 8.34. The number of carbonyl (C=O) groups excluding carboxylic acids is 1. The first kappa shape index (κ1) is 15.8. The second-order valence-corrected chi connectivity index (χ2v) is 6.32. The lowest BCUT2D eigenvalue weighted by atomic mass is 9.84. The Kier molecular flexibility index (Phi) is 5.09. The van der Waals surface area contributed by atoms with E-state index in [1.54, 1.807) is 0 Å². The lowest BCUT2D eigenvalue weighted by Crippen LogP contribution is -2.43. The fourth-order valence-electron chi connectivity index (χ4n) is 3.43. The lowest BCUT2D eigenvalue weighted by Gasteiger charge is -2.35. The summed E-state index contributed by atoms with van der Waals surface area (Å²) in [7, 11) is 0. The van der Waals surface area contributed by atoms with Crippen molar-refractivity contribution in [2.24, 2.45) is 0 Å². The van der Waals surface area contributed by atoms with Gasteiger partial charge in [0.05, 0.1) is 6.04 Å². The Hall–Kier alpha value is -2.13. The van der Waals surface area contributed by atoms with Crippen LogP contribution in [0.5, 0.6) is 0 Å². The van der Waals surface area contributed by atoms with Gasteiger partial charge in [-0.05, 0) is 42.7 Å². The maximum absolute atomic E-state index is 12.1. The van der Waals surface area contributed by atoms with E-state index in [2.05, 4.69) is 24.3 Å². The number of hydrogen-bond acceptors (Lipinski definition) is 2. The van der Waals surface area contributed by atoms with E-state index in [0.717, 1.165) is 30.7 Å². The van der Waals surface area contributed by atoms with Crippen molar-refractivity contribution in [3.63, 3.8) is 0 Å². The minimum Gasteiger partial charge on any atom is -0.286 e. The van der Waals surface area contributed by atoms with Crippen LogP contribution < -0.4 is 0 Å². The number of nitrogens with zero attached hydrogens (tertiary/aromatic N) is 1. The summed E-state index contributed by atoms with van der Waals surface area (Å²) >= 11 is 0. The maximum atomic E-state index is 12.1. The molecule has 3 heteroatoms. The third-order valence-corrected chi connectivity index (χ3v) is 4.70. The van der Waals surface area contributed by atoms with Gasteiger partial charge in [-0.3, -0.25) is 10.0 Å². The maximum Gasteiger partial charge on any atom is 0.246 e. The van der Waals surface area contributed by atoms with E-state index in [1.165, 1.54) is 11.1 Å². The number of amides is 1. The molecule has 0 bridgehead atoms. The largest absolute Gasteiger partial charge is 0.286 e. The van der Waals surface area contributed by atoms with Gasteiger partial charge in [-0.1, -0.05) is 60.7 Å². The molecule has 2 aromatic rings. The molecule has 1 fully saturated rings. The van der Waals surface area contributed by atoms with Crippen molar-refractivity contribution in [2.45, 2.75) is 44.1 Å². The second kappa shape index (κ2) is 7.42. The zero-order chi connectivity index (χ0) is 16.1. The van der Waals surface area contributed by atoms with Gasteiger partial charge in [-0.2, -0.15) is 0 Å². The molecule has 120 valence electrons. The van der Waals surface area contributed by atoms with Crippen LogP contribution in [-0.2, 0) is 11.2 Å². The van der Waals surface area contributed by atoms with Gasteiger partial charge in [0.25, 0.3) is 0 Å². The van der Waals surface area contributed by atoms with E-state index in [1.807, 2.05) is 36.4 Å². The molecular weight excluding hydrogens is 286 g/mol. The molecule has 1 aliphatic rings. The van der Waals surface area contributed by atoms with Crippen molar-refractivity contribution < 1.29 is 10.0 Å². The van der Waals surface area contributed by atoms with Crippen LogP contribution in [0.15, 0.2) is 60.7 Å². The summed E-state index contributed by atoms with van der Waals surface area (Å²) in [6, 6.07) is 20.4. The van der Waals surface area contributed by atoms with Crippen LogP contribution in [-0.4, -0.2) is 22.2 Å². The summed E-state index contributed by atoms with van der Waals surface area (Å²) in [6.45, 7) is 0. The summed E-state index contributed by atoms with van der Waals surface area (Å²) < 4.78 is 0. The van der Waals surface area contributed by atoms with Crippen LogP contribution in [0.1, 0.15) is 42.7 Å². The molecule has 2 atom stereocenters. The van der Waals surface area contributed by atoms with Crippen molar-refractivity contribution in [3.8, 4) is 0 Å². The van der Waals surface area contributed by atoms with Crippen LogP contribution >= 0.6 is 0 Å². The van der Waals surface area contributed by atoms with Gasteiger partial charge in [0, 0.05) is 6.42 Å². The molecule has 1 heterocycles. The number of carbonyl (C=O) groups is 1. The highest BCUT2D eigenvalue weighted by Crippen LogP contribution is 2.33. The molecule has 3 rings (SSSR count). The van der Waals surface area contributed by atoms with Gasteiger partial charge < -0.3 is 0 Å². The van der Waals surface area contributed by atoms with Crippen molar-refractivity contribution in [2.75, 3.05) is 0 Å². The Bertz CT molecular complexity index is 627. The van der Waals surface area contributed by atoms with E-state index < -0.39 is 0 Å². The molecule has 0 spiro atoms. The summed E-state index contributed by atoms with van der Waals surface area (Å²) in [6.07, 6.45) is 4.02. The van der Waals surface area contributed by atoms with Crippen molar-refractivity contribution >= 4 is 5.91 Å². The van der Waals surface area contributed by atoms with Gasteiger partial charge in [0.1, 0.15) is 0 Å². The normalized spacial score (nSPS) is 21.4. The number of piperidine rings is 1. The van der Waals surface area contributed by atoms with Crippen molar-refractivity contribution in [3.05, 3.63) is 71.8 Å². The molecule has 0 aromatic heterocycles. The number of hydroxylamine groups is 2. The Morgan fingerprint density at radius 3 is 2.35 bits per heavy atom. The molecule has 1 N–H and O–H groups in total. The third kappa shape index (κ3) is 3.99. The monoisotopic (exact) mass is 309 g/mol. The summed E-state index contributed by atoms with van der Waals surface area (Å²) in [4.78, 5) is 12.1. The molecule has 0 radical (unpaired) electrons. The van der Waals surface area contributed by atoms with Gasteiger partial charge >= 0.3 is 0 Å². The molecule has 2 unspecified atom stereocenters. The van der Waals surface area contributed by atoms with Gasteiger partial charge in [-0.25, -0.2) is 5.06 Å². The number of rotatable bonds is 5. The Morgan fingerprint density at radius 2 is 1.65 bits per heavy atom. The number of benzene rings is 2. The van der Waals surface area contributed by atoms with E-state index in [9.17, 15) is 10.0 Å². The minimum atomic E-state index is -0.158. The first-order chi connectivity index (χ1) is 11.2. The van der Waals surface area contributed by atoms with Gasteiger partial charge in [0.2, 0.25) is 5.91 Å². The Labute approximate surface area is 137 Å². The fourth-order valence-corrected chi connectivity index (χ4v) is 3.43. The van der Waals surface area contributed by atoms with Crippen LogP contribution in [0, 0.1) is 0 Å². The second-order valence-electron chi connectivity index (χ2n) is 6.32. The Morgan fingerprint density at radius 1 is 1.00 bits per heavy atom. The highest BCUT2D eigenvalue weighted by atomic mass is 16.5. The average Bonchev–Trinajstić information content (AvgIpc) is 2.60. The van der Waals surface area contributed by atoms with Crippen molar-refractivity contribution in [1.82, 2.24) is 5.06 Å². The molecule has 1 amide bonds. The molecule has 0 saturated carbocycles. The zero-order valence-electron chi connectivity index (χ0n) is 13.3.